The first-order valence-electron chi connectivity index (χ1n) is 4.91. The molecule has 1 rings (SSSR count). The SMILES string of the molecule is CC1CCC(OC(N)=O)C(OC(N)=O)C1. The van der Waals surface area contributed by atoms with Crippen molar-refractivity contribution in [2.45, 2.75) is 38.4 Å². The molecule has 0 saturated heterocycles. The summed E-state index contributed by atoms with van der Waals surface area (Å²) in [6.45, 7) is 2.04. The summed E-state index contributed by atoms with van der Waals surface area (Å²) in [5.41, 5.74) is 9.85. The van der Waals surface area contributed by atoms with E-state index < -0.39 is 24.4 Å². The summed E-state index contributed by atoms with van der Waals surface area (Å²) in [5.74, 6) is 0.419. The van der Waals surface area contributed by atoms with Crippen LogP contribution in [-0.2, 0) is 9.47 Å². The smallest absolute Gasteiger partial charge is 0.404 e. The lowest BCUT2D eigenvalue weighted by atomic mass is 9.86. The number of amides is 2. The zero-order valence-corrected chi connectivity index (χ0v) is 8.64. The Kier molecular flexibility index (Phi) is 3.76. The van der Waals surface area contributed by atoms with E-state index in [4.69, 9.17) is 20.9 Å². The molecule has 15 heavy (non-hydrogen) atoms. The summed E-state index contributed by atoms with van der Waals surface area (Å²) in [6.07, 6.45) is -0.454. The molecule has 0 aromatic carbocycles. The van der Waals surface area contributed by atoms with Crippen LogP contribution in [0, 0.1) is 5.92 Å². The third kappa shape index (κ3) is 3.65. The molecule has 0 spiro atoms. The van der Waals surface area contributed by atoms with Crippen molar-refractivity contribution in [3.05, 3.63) is 0 Å². The number of hydrogen-bond donors (Lipinski definition) is 2. The Bertz CT molecular complexity index is 256. The van der Waals surface area contributed by atoms with Crippen molar-refractivity contribution in [2.75, 3.05) is 0 Å². The number of hydrogen-bond acceptors (Lipinski definition) is 4. The van der Waals surface area contributed by atoms with Crippen LogP contribution in [0.4, 0.5) is 9.59 Å². The highest BCUT2D eigenvalue weighted by molar-refractivity contribution is 5.66. The van der Waals surface area contributed by atoms with Gasteiger partial charge in [0.05, 0.1) is 0 Å². The highest BCUT2D eigenvalue weighted by Crippen LogP contribution is 2.28. The summed E-state index contributed by atoms with van der Waals surface area (Å²) in [4.78, 5) is 21.2. The largest absolute Gasteiger partial charge is 0.442 e. The van der Waals surface area contributed by atoms with Gasteiger partial charge in [0.1, 0.15) is 12.2 Å². The molecular formula is C9H16N2O4. The number of carbonyl (C=O) groups excluding carboxylic acids is 2. The quantitative estimate of drug-likeness (QED) is 0.709. The molecule has 0 radical (unpaired) electrons. The first-order valence-corrected chi connectivity index (χ1v) is 4.91. The lowest BCUT2D eigenvalue weighted by Crippen LogP contribution is -2.41. The molecule has 6 heteroatoms. The molecule has 0 heterocycles. The number of nitrogens with two attached hydrogens (primary N) is 2. The van der Waals surface area contributed by atoms with Gasteiger partial charge in [-0.05, 0) is 25.2 Å². The van der Waals surface area contributed by atoms with Gasteiger partial charge in [-0.2, -0.15) is 0 Å². The van der Waals surface area contributed by atoms with E-state index in [1.54, 1.807) is 0 Å². The van der Waals surface area contributed by atoms with Crippen molar-refractivity contribution < 1.29 is 19.1 Å². The van der Waals surface area contributed by atoms with Crippen molar-refractivity contribution in [3.8, 4) is 0 Å². The van der Waals surface area contributed by atoms with E-state index >= 15 is 0 Å². The second kappa shape index (κ2) is 4.86. The van der Waals surface area contributed by atoms with Crippen LogP contribution in [0.25, 0.3) is 0 Å². The number of rotatable bonds is 2. The van der Waals surface area contributed by atoms with Crippen LogP contribution in [0.15, 0.2) is 0 Å². The van der Waals surface area contributed by atoms with Crippen LogP contribution >= 0.6 is 0 Å². The maximum Gasteiger partial charge on any atom is 0.404 e. The molecule has 0 aromatic heterocycles. The van der Waals surface area contributed by atoms with Gasteiger partial charge >= 0.3 is 12.2 Å². The molecule has 4 N–H and O–H groups in total. The predicted octanol–water partition coefficient (Wildman–Crippen LogP) is 0.734. The van der Waals surface area contributed by atoms with Crippen LogP contribution in [0.1, 0.15) is 26.2 Å². The lowest BCUT2D eigenvalue weighted by Gasteiger charge is -2.32. The molecule has 3 unspecified atom stereocenters. The minimum atomic E-state index is -0.854. The fourth-order valence-corrected chi connectivity index (χ4v) is 1.86. The van der Waals surface area contributed by atoms with E-state index in [0.29, 0.717) is 18.8 Å². The zero-order valence-electron chi connectivity index (χ0n) is 8.64. The number of carbonyl (C=O) groups is 2. The standard InChI is InChI=1S/C9H16N2O4/c1-5-2-3-6(14-8(10)12)7(4-5)15-9(11)13/h5-7H,2-4H2,1H3,(H2,10,12)(H2,11,13). The Morgan fingerprint density at radius 1 is 1.07 bits per heavy atom. The van der Waals surface area contributed by atoms with Crippen LogP contribution in [0.2, 0.25) is 0 Å². The lowest BCUT2D eigenvalue weighted by molar-refractivity contribution is -0.0367. The molecule has 3 atom stereocenters. The van der Waals surface area contributed by atoms with Gasteiger partial charge in [-0.25, -0.2) is 9.59 Å². The topological polar surface area (TPSA) is 105 Å². The number of primary amides is 2. The second-order valence-electron chi connectivity index (χ2n) is 3.87. The van der Waals surface area contributed by atoms with Gasteiger partial charge in [0.2, 0.25) is 0 Å². The van der Waals surface area contributed by atoms with Gasteiger partial charge in [-0.3, -0.25) is 0 Å². The van der Waals surface area contributed by atoms with Gasteiger partial charge in [0.15, 0.2) is 0 Å². The fraction of sp³-hybridized carbons (Fsp3) is 0.778. The van der Waals surface area contributed by atoms with Gasteiger partial charge in [0.25, 0.3) is 0 Å². The first kappa shape index (κ1) is 11.6. The van der Waals surface area contributed by atoms with Crippen LogP contribution in [0.5, 0.6) is 0 Å². The van der Waals surface area contributed by atoms with Crippen molar-refractivity contribution in [1.82, 2.24) is 0 Å². The first-order chi connectivity index (χ1) is 6.99. The summed E-state index contributed by atoms with van der Waals surface area (Å²) in [5, 5.41) is 0. The predicted molar refractivity (Wildman–Crippen MR) is 51.9 cm³/mol. The van der Waals surface area contributed by atoms with Gasteiger partial charge in [-0.1, -0.05) is 6.92 Å². The van der Waals surface area contributed by atoms with Crippen LogP contribution in [0.3, 0.4) is 0 Å². The van der Waals surface area contributed by atoms with Gasteiger partial charge < -0.3 is 20.9 Å². The van der Waals surface area contributed by atoms with Crippen molar-refractivity contribution in [1.29, 1.82) is 0 Å². The van der Waals surface area contributed by atoms with E-state index in [9.17, 15) is 9.59 Å². The Hall–Kier alpha value is -1.46. The molecule has 0 aromatic rings. The van der Waals surface area contributed by atoms with Gasteiger partial charge in [0, 0.05) is 0 Å². The Labute approximate surface area is 87.9 Å². The molecule has 86 valence electrons. The van der Waals surface area contributed by atoms with Gasteiger partial charge in [-0.15, -0.1) is 0 Å². The van der Waals surface area contributed by atoms with Crippen LogP contribution in [-0.4, -0.2) is 24.4 Å². The highest BCUT2D eigenvalue weighted by Gasteiger charge is 2.33. The molecule has 1 fully saturated rings. The summed E-state index contributed by atoms with van der Waals surface area (Å²) in [7, 11) is 0. The molecule has 1 saturated carbocycles. The second-order valence-corrected chi connectivity index (χ2v) is 3.87. The molecular weight excluding hydrogens is 200 g/mol. The van der Waals surface area contributed by atoms with Crippen molar-refractivity contribution in [2.24, 2.45) is 17.4 Å². The average molecular weight is 216 g/mol. The molecule has 1 aliphatic carbocycles. The molecule has 2 amide bonds. The van der Waals surface area contributed by atoms with E-state index in [-0.39, 0.29) is 0 Å². The fourth-order valence-electron chi connectivity index (χ4n) is 1.86. The normalized spacial score (nSPS) is 30.6. The highest BCUT2D eigenvalue weighted by atomic mass is 16.6. The third-order valence-electron chi connectivity index (χ3n) is 2.53. The summed E-state index contributed by atoms with van der Waals surface area (Å²) >= 11 is 0. The van der Waals surface area contributed by atoms with Crippen LogP contribution < -0.4 is 11.5 Å². The molecule has 1 aliphatic rings. The Morgan fingerprint density at radius 2 is 1.60 bits per heavy atom. The summed E-state index contributed by atoms with van der Waals surface area (Å²) in [6, 6.07) is 0. The van der Waals surface area contributed by atoms with Crippen molar-refractivity contribution >= 4 is 12.2 Å². The van der Waals surface area contributed by atoms with E-state index in [2.05, 4.69) is 0 Å². The number of ether oxygens (including phenoxy) is 2. The zero-order chi connectivity index (χ0) is 11.4. The molecule has 6 nitrogen and oxygen atoms in total. The third-order valence-corrected chi connectivity index (χ3v) is 2.53. The monoisotopic (exact) mass is 216 g/mol. The summed E-state index contributed by atoms with van der Waals surface area (Å²) < 4.78 is 9.74. The maximum atomic E-state index is 10.6. The van der Waals surface area contributed by atoms with E-state index in [1.807, 2.05) is 6.92 Å². The molecule has 0 aliphatic heterocycles. The van der Waals surface area contributed by atoms with E-state index in [1.165, 1.54) is 0 Å². The minimum absolute atomic E-state index is 0.419. The Morgan fingerprint density at radius 3 is 2.13 bits per heavy atom. The van der Waals surface area contributed by atoms with E-state index in [0.717, 1.165) is 6.42 Å². The molecule has 0 bridgehead atoms. The minimum Gasteiger partial charge on any atom is -0.442 e. The average Bonchev–Trinajstić information content (AvgIpc) is 2.08. The van der Waals surface area contributed by atoms with Crippen molar-refractivity contribution in [3.63, 3.8) is 0 Å². The Balaban J connectivity index is 2.57. The maximum absolute atomic E-state index is 10.6.